The fourth-order valence-electron chi connectivity index (χ4n) is 4.69. The van der Waals surface area contributed by atoms with Crippen molar-refractivity contribution in [1.29, 1.82) is 0 Å². The Labute approximate surface area is 200 Å². The van der Waals surface area contributed by atoms with Crippen molar-refractivity contribution in [3.8, 4) is 22.8 Å². The molecule has 0 bridgehead atoms. The lowest BCUT2D eigenvalue weighted by molar-refractivity contribution is 0.354. The second-order valence-electron chi connectivity index (χ2n) is 8.72. The Hall–Kier alpha value is -2.99. The molecule has 2 aromatic carbocycles. The Morgan fingerprint density at radius 1 is 0.970 bits per heavy atom. The molecular weight excluding hydrogens is 438 g/mol. The summed E-state index contributed by atoms with van der Waals surface area (Å²) in [7, 11) is 5.07. The molecule has 0 saturated heterocycles. The summed E-state index contributed by atoms with van der Waals surface area (Å²) in [6.45, 7) is 9.03. The molecule has 0 N–H and O–H groups in total. The maximum Gasteiger partial charge on any atom is 0.329 e. The van der Waals surface area contributed by atoms with E-state index in [9.17, 15) is 4.79 Å². The van der Waals surface area contributed by atoms with E-state index < -0.39 is 0 Å². The first kappa shape index (κ1) is 24.6. The van der Waals surface area contributed by atoms with Crippen LogP contribution in [0.2, 0.25) is 0 Å². The molecule has 2 heterocycles. The van der Waals surface area contributed by atoms with Crippen molar-refractivity contribution in [1.82, 2.24) is 9.13 Å². The minimum Gasteiger partial charge on any atom is -0.493 e. The smallest absolute Gasteiger partial charge is 0.329 e. The van der Waals surface area contributed by atoms with Crippen LogP contribution in [-0.4, -0.2) is 23.4 Å². The molecule has 0 radical (unpaired) electrons. The van der Waals surface area contributed by atoms with Crippen molar-refractivity contribution in [3.63, 3.8) is 0 Å². The van der Waals surface area contributed by atoms with Gasteiger partial charge in [-0.15, -0.1) is 12.4 Å². The Kier molecular flexibility index (Phi) is 7.08. The standard InChI is InChI=1S/C26H31N3O3.ClH/c1-15-10-17(3)25(18(4)11-15)27-24-14-21-20-13-23(32-7)22(31-6)12-19(20)16(2)8-9-29(21)26(30)28(24)5;/h10-14,16H,8-9H2,1-7H3;1H. The first-order chi connectivity index (χ1) is 15.2. The number of fused-ring (bicyclic) bond motifs is 3. The molecule has 6 nitrogen and oxygen atoms in total. The molecule has 0 spiro atoms. The van der Waals surface area contributed by atoms with Crippen molar-refractivity contribution in [2.24, 2.45) is 12.0 Å². The van der Waals surface area contributed by atoms with E-state index in [1.165, 1.54) is 5.56 Å². The number of rotatable bonds is 3. The van der Waals surface area contributed by atoms with E-state index in [-0.39, 0.29) is 24.0 Å². The summed E-state index contributed by atoms with van der Waals surface area (Å²) >= 11 is 0. The quantitative estimate of drug-likeness (QED) is 0.544. The van der Waals surface area contributed by atoms with E-state index in [2.05, 4.69) is 39.8 Å². The highest BCUT2D eigenvalue weighted by Crippen LogP contribution is 2.41. The highest BCUT2D eigenvalue weighted by atomic mass is 35.5. The third kappa shape index (κ3) is 4.32. The summed E-state index contributed by atoms with van der Waals surface area (Å²) in [5.74, 6) is 1.62. The molecule has 1 aliphatic heterocycles. The van der Waals surface area contributed by atoms with Crippen LogP contribution in [0.5, 0.6) is 11.5 Å². The first-order valence-corrected chi connectivity index (χ1v) is 10.9. The zero-order chi connectivity index (χ0) is 23.2. The summed E-state index contributed by atoms with van der Waals surface area (Å²) in [4.78, 5) is 18.3. The molecule has 176 valence electrons. The van der Waals surface area contributed by atoms with Crippen LogP contribution in [0.15, 0.2) is 40.1 Å². The third-order valence-electron chi connectivity index (χ3n) is 6.43. The molecule has 0 amide bonds. The van der Waals surface area contributed by atoms with Gasteiger partial charge in [0.05, 0.1) is 25.6 Å². The number of methoxy groups -OCH3 is 2. The number of aryl methyl sites for hydroxylation is 3. The minimum atomic E-state index is -0.0708. The van der Waals surface area contributed by atoms with Crippen LogP contribution in [0.3, 0.4) is 0 Å². The molecule has 0 aliphatic carbocycles. The Morgan fingerprint density at radius 2 is 1.58 bits per heavy atom. The summed E-state index contributed by atoms with van der Waals surface area (Å²) in [6.07, 6.45) is 0.863. The lowest BCUT2D eigenvalue weighted by Gasteiger charge is -2.17. The van der Waals surface area contributed by atoms with Gasteiger partial charge in [0.2, 0.25) is 0 Å². The largest absolute Gasteiger partial charge is 0.493 e. The second kappa shape index (κ2) is 9.48. The van der Waals surface area contributed by atoms with E-state index in [1.807, 2.05) is 22.8 Å². The van der Waals surface area contributed by atoms with Crippen LogP contribution in [0.1, 0.15) is 41.5 Å². The van der Waals surface area contributed by atoms with Gasteiger partial charge in [-0.1, -0.05) is 24.6 Å². The van der Waals surface area contributed by atoms with Crippen LogP contribution >= 0.6 is 12.4 Å². The van der Waals surface area contributed by atoms with Crippen molar-refractivity contribution in [2.75, 3.05) is 14.2 Å². The lowest BCUT2D eigenvalue weighted by atomic mass is 9.92. The monoisotopic (exact) mass is 469 g/mol. The normalized spacial score (nSPS) is 15.2. The van der Waals surface area contributed by atoms with Gasteiger partial charge >= 0.3 is 5.69 Å². The SMILES string of the molecule is COc1cc2c(cc1OC)C(C)CCn1c-2cc(=Nc2c(C)cc(C)cc2C)n(C)c1=O.Cl. The van der Waals surface area contributed by atoms with Gasteiger partial charge in [0.15, 0.2) is 11.5 Å². The zero-order valence-electron chi connectivity index (χ0n) is 20.4. The summed E-state index contributed by atoms with van der Waals surface area (Å²) in [5, 5.41) is 0. The van der Waals surface area contributed by atoms with Crippen molar-refractivity contribution in [3.05, 3.63) is 68.6 Å². The van der Waals surface area contributed by atoms with Gasteiger partial charge in [-0.05, 0) is 61.9 Å². The van der Waals surface area contributed by atoms with Crippen LogP contribution in [0, 0.1) is 20.8 Å². The zero-order valence-corrected chi connectivity index (χ0v) is 21.2. The lowest BCUT2D eigenvalue weighted by Crippen LogP contribution is -2.38. The number of halogens is 1. The van der Waals surface area contributed by atoms with Gasteiger partial charge in [-0.3, -0.25) is 9.13 Å². The molecular formula is C26H32ClN3O3. The number of ether oxygens (including phenoxy) is 2. The highest BCUT2D eigenvalue weighted by Gasteiger charge is 2.24. The van der Waals surface area contributed by atoms with Crippen LogP contribution < -0.4 is 20.7 Å². The van der Waals surface area contributed by atoms with E-state index in [0.717, 1.165) is 40.1 Å². The summed E-state index contributed by atoms with van der Waals surface area (Å²) in [6, 6.07) is 10.3. The van der Waals surface area contributed by atoms with E-state index in [1.54, 1.807) is 25.8 Å². The van der Waals surface area contributed by atoms with Crippen molar-refractivity contribution in [2.45, 2.75) is 46.6 Å². The number of benzene rings is 2. The predicted molar refractivity (Wildman–Crippen MR) is 134 cm³/mol. The first-order valence-electron chi connectivity index (χ1n) is 10.9. The van der Waals surface area contributed by atoms with Crippen LogP contribution in [0.25, 0.3) is 11.3 Å². The third-order valence-corrected chi connectivity index (χ3v) is 6.43. The Morgan fingerprint density at radius 3 is 2.18 bits per heavy atom. The molecule has 1 atom stereocenters. The molecule has 1 unspecified atom stereocenters. The molecule has 0 fully saturated rings. The Balaban J connectivity index is 0.00000306. The fraction of sp³-hybridized carbons (Fsp3) is 0.385. The molecule has 1 aromatic heterocycles. The highest BCUT2D eigenvalue weighted by molar-refractivity contribution is 5.85. The van der Waals surface area contributed by atoms with E-state index in [4.69, 9.17) is 14.5 Å². The van der Waals surface area contributed by atoms with E-state index in [0.29, 0.717) is 23.5 Å². The molecule has 33 heavy (non-hydrogen) atoms. The van der Waals surface area contributed by atoms with Crippen LogP contribution in [0.4, 0.5) is 5.69 Å². The summed E-state index contributed by atoms with van der Waals surface area (Å²) < 4.78 is 14.6. The van der Waals surface area contributed by atoms with Crippen molar-refractivity contribution >= 4 is 18.1 Å². The minimum absolute atomic E-state index is 0. The molecule has 4 rings (SSSR count). The predicted octanol–water partition coefficient (Wildman–Crippen LogP) is 4.96. The van der Waals surface area contributed by atoms with Gasteiger partial charge in [0.25, 0.3) is 0 Å². The number of nitrogens with zero attached hydrogens (tertiary/aromatic N) is 3. The van der Waals surface area contributed by atoms with Gasteiger partial charge < -0.3 is 9.47 Å². The van der Waals surface area contributed by atoms with Gasteiger partial charge in [-0.25, -0.2) is 9.79 Å². The van der Waals surface area contributed by atoms with Crippen molar-refractivity contribution < 1.29 is 9.47 Å². The van der Waals surface area contributed by atoms with E-state index >= 15 is 0 Å². The number of hydrogen-bond acceptors (Lipinski definition) is 4. The average molecular weight is 470 g/mol. The average Bonchev–Trinajstić information content (AvgIpc) is 2.89. The molecule has 0 saturated carbocycles. The molecule has 7 heteroatoms. The number of aromatic nitrogens is 2. The maximum atomic E-state index is 13.4. The second-order valence-corrected chi connectivity index (χ2v) is 8.72. The summed E-state index contributed by atoms with van der Waals surface area (Å²) in [5.41, 5.74) is 7.85. The van der Waals surface area contributed by atoms with Gasteiger partial charge in [0, 0.05) is 25.2 Å². The maximum absolute atomic E-state index is 13.4. The Bertz CT molecular complexity index is 1310. The van der Waals surface area contributed by atoms with Crippen LogP contribution in [-0.2, 0) is 13.6 Å². The number of hydrogen-bond donors (Lipinski definition) is 0. The van der Waals surface area contributed by atoms with Gasteiger partial charge in [0.1, 0.15) is 5.49 Å². The topological polar surface area (TPSA) is 57.8 Å². The molecule has 1 aliphatic rings. The molecule has 3 aromatic rings. The fourth-order valence-corrected chi connectivity index (χ4v) is 4.69. The van der Waals surface area contributed by atoms with Gasteiger partial charge in [-0.2, -0.15) is 0 Å².